The van der Waals surface area contributed by atoms with Crippen molar-refractivity contribution in [2.75, 3.05) is 13.2 Å². The molecule has 1 unspecified atom stereocenters. The van der Waals surface area contributed by atoms with E-state index in [2.05, 4.69) is 4.74 Å². The maximum Gasteiger partial charge on any atom is 0.413 e. The highest BCUT2D eigenvalue weighted by Crippen LogP contribution is 2.03. The standard InChI is InChI=1S/C7H11NO3/c1-6(9)2-3-8-4-5-11-7(8)10/h2-3,6,9H,4-5H2,1H3/b3-2+. The molecule has 1 aliphatic heterocycles. The molecule has 1 amide bonds. The van der Waals surface area contributed by atoms with E-state index in [1.165, 1.54) is 11.0 Å². The fourth-order valence-corrected chi connectivity index (χ4v) is 0.769. The summed E-state index contributed by atoms with van der Waals surface area (Å²) in [5.74, 6) is 0. The molecule has 1 atom stereocenters. The van der Waals surface area contributed by atoms with Gasteiger partial charge in [-0.1, -0.05) is 0 Å². The van der Waals surface area contributed by atoms with Crippen LogP contribution in [0.1, 0.15) is 6.92 Å². The van der Waals surface area contributed by atoms with Gasteiger partial charge in [0.25, 0.3) is 0 Å². The first kappa shape index (κ1) is 8.07. The van der Waals surface area contributed by atoms with Gasteiger partial charge in [0.2, 0.25) is 0 Å². The number of carbonyl (C=O) groups is 1. The van der Waals surface area contributed by atoms with Gasteiger partial charge in [-0.3, -0.25) is 4.90 Å². The van der Waals surface area contributed by atoms with Crippen LogP contribution in [0.4, 0.5) is 4.79 Å². The van der Waals surface area contributed by atoms with Gasteiger partial charge in [0.1, 0.15) is 6.61 Å². The minimum absolute atomic E-state index is 0.345. The van der Waals surface area contributed by atoms with E-state index in [-0.39, 0.29) is 6.09 Å². The zero-order chi connectivity index (χ0) is 8.27. The predicted molar refractivity (Wildman–Crippen MR) is 38.9 cm³/mol. The minimum atomic E-state index is -0.525. The van der Waals surface area contributed by atoms with E-state index in [0.29, 0.717) is 13.2 Å². The van der Waals surface area contributed by atoms with Crippen molar-refractivity contribution < 1.29 is 14.6 Å². The number of cyclic esters (lactones) is 1. The molecule has 1 heterocycles. The van der Waals surface area contributed by atoms with Crippen LogP contribution in [0.3, 0.4) is 0 Å². The number of aliphatic hydroxyl groups excluding tert-OH is 1. The molecule has 62 valence electrons. The van der Waals surface area contributed by atoms with Crippen LogP contribution in [0.5, 0.6) is 0 Å². The topological polar surface area (TPSA) is 49.8 Å². The highest BCUT2D eigenvalue weighted by atomic mass is 16.6. The summed E-state index contributed by atoms with van der Waals surface area (Å²) in [6.07, 6.45) is 2.21. The summed E-state index contributed by atoms with van der Waals surface area (Å²) in [5.41, 5.74) is 0. The van der Waals surface area contributed by atoms with Gasteiger partial charge < -0.3 is 9.84 Å². The number of carbonyl (C=O) groups excluding carboxylic acids is 1. The Kier molecular flexibility index (Phi) is 2.48. The van der Waals surface area contributed by atoms with Gasteiger partial charge in [-0.15, -0.1) is 0 Å². The van der Waals surface area contributed by atoms with Gasteiger partial charge in [-0.25, -0.2) is 4.79 Å². The second-order valence-corrected chi connectivity index (χ2v) is 2.39. The summed E-state index contributed by atoms with van der Waals surface area (Å²) in [5, 5.41) is 8.83. The molecule has 0 aromatic heterocycles. The molecule has 1 aliphatic rings. The Morgan fingerprint density at radius 2 is 2.55 bits per heavy atom. The highest BCUT2D eigenvalue weighted by molar-refractivity contribution is 5.70. The Bertz CT molecular complexity index is 177. The lowest BCUT2D eigenvalue weighted by atomic mass is 10.4. The van der Waals surface area contributed by atoms with Gasteiger partial charge in [0.15, 0.2) is 0 Å². The zero-order valence-corrected chi connectivity index (χ0v) is 6.36. The van der Waals surface area contributed by atoms with E-state index in [1.54, 1.807) is 13.1 Å². The number of rotatable bonds is 2. The molecular formula is C7H11NO3. The third-order valence-corrected chi connectivity index (χ3v) is 1.34. The van der Waals surface area contributed by atoms with E-state index >= 15 is 0 Å². The van der Waals surface area contributed by atoms with Crippen molar-refractivity contribution in [3.8, 4) is 0 Å². The lowest BCUT2D eigenvalue weighted by molar-refractivity contribution is 0.166. The van der Waals surface area contributed by atoms with Crippen LogP contribution in [0.15, 0.2) is 12.3 Å². The molecular weight excluding hydrogens is 146 g/mol. The van der Waals surface area contributed by atoms with E-state index in [1.807, 2.05) is 0 Å². The SMILES string of the molecule is CC(O)/C=C/N1CCOC1=O. The number of hydrogen-bond donors (Lipinski definition) is 1. The monoisotopic (exact) mass is 157 g/mol. The summed E-state index contributed by atoms with van der Waals surface area (Å²) in [4.78, 5) is 12.2. The molecule has 11 heavy (non-hydrogen) atoms. The molecule has 0 radical (unpaired) electrons. The molecule has 0 saturated carbocycles. The van der Waals surface area contributed by atoms with E-state index in [0.717, 1.165) is 0 Å². The fourth-order valence-electron chi connectivity index (χ4n) is 0.769. The van der Waals surface area contributed by atoms with Crippen LogP contribution >= 0.6 is 0 Å². The molecule has 0 aromatic carbocycles. The van der Waals surface area contributed by atoms with Crippen molar-refractivity contribution in [1.29, 1.82) is 0 Å². The normalized spacial score (nSPS) is 20.9. The maximum atomic E-state index is 10.8. The summed E-state index contributed by atoms with van der Waals surface area (Å²) < 4.78 is 4.65. The Balaban J connectivity index is 2.42. The smallest absolute Gasteiger partial charge is 0.413 e. The van der Waals surface area contributed by atoms with Crippen LogP contribution < -0.4 is 0 Å². The molecule has 1 saturated heterocycles. The predicted octanol–water partition coefficient (Wildman–Crippen LogP) is 0.333. The summed E-state index contributed by atoms with van der Waals surface area (Å²) in [6.45, 7) is 2.63. The molecule has 1 N–H and O–H groups in total. The Morgan fingerprint density at radius 1 is 1.82 bits per heavy atom. The average Bonchev–Trinajstić information content (AvgIpc) is 2.31. The van der Waals surface area contributed by atoms with Crippen LogP contribution in [0, 0.1) is 0 Å². The molecule has 1 fully saturated rings. The Morgan fingerprint density at radius 3 is 3.00 bits per heavy atom. The Labute approximate surface area is 65.1 Å². The first-order valence-electron chi connectivity index (χ1n) is 3.50. The van der Waals surface area contributed by atoms with Crippen molar-refractivity contribution in [3.05, 3.63) is 12.3 Å². The van der Waals surface area contributed by atoms with Crippen LogP contribution in [0.25, 0.3) is 0 Å². The number of amides is 1. The van der Waals surface area contributed by atoms with Gasteiger partial charge >= 0.3 is 6.09 Å². The Hall–Kier alpha value is -1.03. The molecule has 0 spiro atoms. The van der Waals surface area contributed by atoms with Crippen molar-refractivity contribution in [1.82, 2.24) is 4.90 Å². The van der Waals surface area contributed by atoms with Crippen LogP contribution in [0.2, 0.25) is 0 Å². The number of ether oxygens (including phenoxy) is 1. The van der Waals surface area contributed by atoms with Gasteiger partial charge in [0.05, 0.1) is 12.6 Å². The van der Waals surface area contributed by atoms with Crippen molar-refractivity contribution in [2.45, 2.75) is 13.0 Å². The van der Waals surface area contributed by atoms with E-state index in [4.69, 9.17) is 5.11 Å². The van der Waals surface area contributed by atoms with Crippen LogP contribution in [-0.4, -0.2) is 35.4 Å². The average molecular weight is 157 g/mol. The van der Waals surface area contributed by atoms with Gasteiger partial charge in [0, 0.05) is 6.20 Å². The molecule has 4 heteroatoms. The molecule has 0 bridgehead atoms. The maximum absolute atomic E-state index is 10.8. The number of hydrogen-bond acceptors (Lipinski definition) is 3. The van der Waals surface area contributed by atoms with Crippen molar-refractivity contribution in [2.24, 2.45) is 0 Å². The second kappa shape index (κ2) is 3.39. The van der Waals surface area contributed by atoms with Gasteiger partial charge in [-0.2, -0.15) is 0 Å². The summed E-state index contributed by atoms with van der Waals surface area (Å²) in [6, 6.07) is 0. The quantitative estimate of drug-likeness (QED) is 0.628. The summed E-state index contributed by atoms with van der Waals surface area (Å²) >= 11 is 0. The lowest BCUT2D eigenvalue weighted by Gasteiger charge is -2.04. The molecule has 0 aromatic rings. The number of aliphatic hydroxyl groups is 1. The number of nitrogens with zero attached hydrogens (tertiary/aromatic N) is 1. The zero-order valence-electron chi connectivity index (χ0n) is 6.36. The third kappa shape index (κ3) is 2.23. The third-order valence-electron chi connectivity index (χ3n) is 1.34. The largest absolute Gasteiger partial charge is 0.447 e. The molecule has 1 rings (SSSR count). The highest BCUT2D eigenvalue weighted by Gasteiger charge is 2.18. The van der Waals surface area contributed by atoms with E-state index in [9.17, 15) is 4.79 Å². The lowest BCUT2D eigenvalue weighted by Crippen LogP contribution is -2.17. The second-order valence-electron chi connectivity index (χ2n) is 2.39. The van der Waals surface area contributed by atoms with E-state index < -0.39 is 6.10 Å². The first-order chi connectivity index (χ1) is 5.20. The molecule has 4 nitrogen and oxygen atoms in total. The van der Waals surface area contributed by atoms with Gasteiger partial charge in [-0.05, 0) is 13.0 Å². The molecule has 0 aliphatic carbocycles. The van der Waals surface area contributed by atoms with Crippen LogP contribution in [-0.2, 0) is 4.74 Å². The minimum Gasteiger partial charge on any atom is -0.447 e. The van der Waals surface area contributed by atoms with Crippen molar-refractivity contribution in [3.63, 3.8) is 0 Å². The van der Waals surface area contributed by atoms with Crippen molar-refractivity contribution >= 4 is 6.09 Å². The first-order valence-corrected chi connectivity index (χ1v) is 3.50. The summed E-state index contributed by atoms with van der Waals surface area (Å²) in [7, 11) is 0. The fraction of sp³-hybridized carbons (Fsp3) is 0.571.